The van der Waals surface area contributed by atoms with Gasteiger partial charge in [0.15, 0.2) is 5.69 Å². The van der Waals surface area contributed by atoms with Gasteiger partial charge < -0.3 is 10.1 Å². The standard InChI is InChI=1S/C18H16N4O3/c1-2-25-17(24)13-8-10-14(11-9-13)19-18-20-16(23)15(21-22-18)12-6-4-3-5-7-12/h3-11H,2H2,1H3,(H2,19,20,22,23). The van der Waals surface area contributed by atoms with Crippen LogP contribution in [-0.4, -0.2) is 27.8 Å². The van der Waals surface area contributed by atoms with Crippen LogP contribution in [0.25, 0.3) is 11.3 Å². The zero-order valence-corrected chi connectivity index (χ0v) is 13.5. The van der Waals surface area contributed by atoms with Crippen LogP contribution in [0.15, 0.2) is 59.4 Å². The van der Waals surface area contributed by atoms with Crippen molar-refractivity contribution in [2.45, 2.75) is 6.92 Å². The number of carbonyl (C=O) groups excluding carboxylic acids is 1. The molecule has 0 aliphatic carbocycles. The fourth-order valence-corrected chi connectivity index (χ4v) is 2.22. The summed E-state index contributed by atoms with van der Waals surface area (Å²) in [7, 11) is 0. The fourth-order valence-electron chi connectivity index (χ4n) is 2.22. The average molecular weight is 336 g/mol. The van der Waals surface area contributed by atoms with E-state index in [1.54, 1.807) is 43.3 Å². The van der Waals surface area contributed by atoms with Crippen molar-refractivity contribution in [1.82, 2.24) is 15.2 Å². The maximum absolute atomic E-state index is 12.2. The fraction of sp³-hybridized carbons (Fsp3) is 0.111. The van der Waals surface area contributed by atoms with E-state index in [4.69, 9.17) is 4.74 Å². The average Bonchev–Trinajstić information content (AvgIpc) is 2.63. The van der Waals surface area contributed by atoms with Gasteiger partial charge in [0.25, 0.3) is 5.56 Å². The molecule has 25 heavy (non-hydrogen) atoms. The van der Waals surface area contributed by atoms with Crippen LogP contribution >= 0.6 is 0 Å². The van der Waals surface area contributed by atoms with Gasteiger partial charge >= 0.3 is 5.97 Å². The number of hydrogen-bond donors (Lipinski definition) is 2. The summed E-state index contributed by atoms with van der Waals surface area (Å²) in [5.74, 6) is -0.164. The van der Waals surface area contributed by atoms with Gasteiger partial charge in [0.1, 0.15) is 0 Å². The zero-order valence-electron chi connectivity index (χ0n) is 13.5. The normalized spacial score (nSPS) is 10.3. The lowest BCUT2D eigenvalue weighted by molar-refractivity contribution is 0.0526. The Hall–Kier alpha value is -3.48. The highest BCUT2D eigenvalue weighted by atomic mass is 16.5. The molecule has 0 spiro atoms. The van der Waals surface area contributed by atoms with Crippen LogP contribution in [-0.2, 0) is 4.74 Å². The molecule has 0 unspecified atom stereocenters. The first kappa shape index (κ1) is 16.4. The predicted molar refractivity (Wildman–Crippen MR) is 93.8 cm³/mol. The van der Waals surface area contributed by atoms with Gasteiger partial charge in [-0.3, -0.25) is 9.78 Å². The molecular weight excluding hydrogens is 320 g/mol. The molecule has 0 fully saturated rings. The third-order valence-electron chi connectivity index (χ3n) is 3.40. The predicted octanol–water partition coefficient (Wildman–Crippen LogP) is 2.75. The molecule has 0 saturated carbocycles. The van der Waals surface area contributed by atoms with Crippen LogP contribution < -0.4 is 10.9 Å². The largest absolute Gasteiger partial charge is 0.462 e. The molecule has 3 rings (SSSR count). The van der Waals surface area contributed by atoms with Crippen LogP contribution in [0.2, 0.25) is 0 Å². The summed E-state index contributed by atoms with van der Waals surface area (Å²) in [4.78, 5) is 26.5. The maximum Gasteiger partial charge on any atom is 0.338 e. The van der Waals surface area contributed by atoms with Crippen molar-refractivity contribution in [3.8, 4) is 11.3 Å². The van der Waals surface area contributed by atoms with Gasteiger partial charge in [0.2, 0.25) is 5.95 Å². The molecule has 3 aromatic rings. The molecule has 7 nitrogen and oxygen atoms in total. The Morgan fingerprint density at radius 1 is 1.08 bits per heavy atom. The number of rotatable bonds is 5. The highest BCUT2D eigenvalue weighted by Gasteiger charge is 2.08. The molecule has 2 aromatic carbocycles. The van der Waals surface area contributed by atoms with Crippen LogP contribution in [0, 0.1) is 0 Å². The molecule has 126 valence electrons. The lowest BCUT2D eigenvalue weighted by Gasteiger charge is -2.07. The number of hydrogen-bond acceptors (Lipinski definition) is 6. The Bertz CT molecular complexity index is 921. The smallest absolute Gasteiger partial charge is 0.338 e. The molecule has 7 heteroatoms. The summed E-state index contributed by atoms with van der Waals surface area (Å²) < 4.78 is 4.93. The van der Waals surface area contributed by atoms with Crippen LogP contribution in [0.5, 0.6) is 0 Å². The number of nitrogens with one attached hydrogen (secondary N) is 2. The van der Waals surface area contributed by atoms with Crippen LogP contribution in [0.1, 0.15) is 17.3 Å². The summed E-state index contributed by atoms with van der Waals surface area (Å²) in [6.45, 7) is 2.07. The SMILES string of the molecule is CCOC(=O)c1ccc(Nc2nnc(-c3ccccc3)c(=O)[nH]2)cc1. The van der Waals surface area contributed by atoms with Crippen LogP contribution in [0.3, 0.4) is 0 Å². The van der Waals surface area contributed by atoms with Gasteiger partial charge in [0.05, 0.1) is 12.2 Å². The number of nitrogens with zero attached hydrogens (tertiary/aromatic N) is 2. The molecule has 0 bridgehead atoms. The van der Waals surface area contributed by atoms with Crippen molar-refractivity contribution in [3.05, 3.63) is 70.5 Å². The van der Waals surface area contributed by atoms with Gasteiger partial charge in [0, 0.05) is 11.3 Å². The van der Waals surface area contributed by atoms with E-state index in [0.29, 0.717) is 23.4 Å². The Kier molecular flexibility index (Phi) is 4.84. The number of esters is 1. The van der Waals surface area contributed by atoms with Crippen molar-refractivity contribution in [1.29, 1.82) is 0 Å². The van der Waals surface area contributed by atoms with Crippen LogP contribution in [0.4, 0.5) is 11.6 Å². The van der Waals surface area contributed by atoms with E-state index in [0.717, 1.165) is 0 Å². The number of aromatic nitrogens is 3. The van der Waals surface area contributed by atoms with Gasteiger partial charge in [-0.1, -0.05) is 30.3 Å². The maximum atomic E-state index is 12.2. The number of H-pyrrole nitrogens is 1. The van der Waals surface area contributed by atoms with E-state index in [9.17, 15) is 9.59 Å². The van der Waals surface area contributed by atoms with E-state index in [1.807, 2.05) is 18.2 Å². The number of aromatic amines is 1. The van der Waals surface area contributed by atoms with E-state index in [-0.39, 0.29) is 23.2 Å². The summed E-state index contributed by atoms with van der Waals surface area (Å²) in [6, 6.07) is 15.7. The molecule has 0 amide bonds. The first-order valence-electron chi connectivity index (χ1n) is 7.74. The zero-order chi connectivity index (χ0) is 17.6. The Balaban J connectivity index is 1.76. The second-order valence-electron chi connectivity index (χ2n) is 5.14. The van der Waals surface area contributed by atoms with E-state index < -0.39 is 0 Å². The van der Waals surface area contributed by atoms with E-state index in [1.165, 1.54) is 0 Å². The number of ether oxygens (including phenoxy) is 1. The molecule has 1 aromatic heterocycles. The third kappa shape index (κ3) is 3.89. The Morgan fingerprint density at radius 2 is 1.80 bits per heavy atom. The van der Waals surface area contributed by atoms with Gasteiger partial charge in [-0.15, -0.1) is 10.2 Å². The molecule has 0 saturated heterocycles. The van der Waals surface area contributed by atoms with Crippen molar-refractivity contribution >= 4 is 17.6 Å². The molecule has 0 atom stereocenters. The van der Waals surface area contributed by atoms with E-state index >= 15 is 0 Å². The Labute approximate surface area is 143 Å². The lowest BCUT2D eigenvalue weighted by Crippen LogP contribution is -2.15. The first-order valence-corrected chi connectivity index (χ1v) is 7.74. The van der Waals surface area contributed by atoms with Crippen molar-refractivity contribution < 1.29 is 9.53 Å². The quantitative estimate of drug-likeness (QED) is 0.695. The number of anilines is 2. The third-order valence-corrected chi connectivity index (χ3v) is 3.40. The van der Waals surface area contributed by atoms with Crippen molar-refractivity contribution in [3.63, 3.8) is 0 Å². The minimum absolute atomic E-state index is 0.216. The number of carbonyl (C=O) groups is 1. The highest BCUT2D eigenvalue weighted by Crippen LogP contribution is 2.15. The molecular formula is C18H16N4O3. The topological polar surface area (TPSA) is 97.0 Å². The van der Waals surface area contributed by atoms with Gasteiger partial charge in [-0.25, -0.2) is 4.79 Å². The summed E-state index contributed by atoms with van der Waals surface area (Å²) >= 11 is 0. The second kappa shape index (κ2) is 7.39. The minimum Gasteiger partial charge on any atom is -0.462 e. The minimum atomic E-state index is -0.380. The number of benzene rings is 2. The monoisotopic (exact) mass is 336 g/mol. The van der Waals surface area contributed by atoms with Gasteiger partial charge in [-0.05, 0) is 31.2 Å². The summed E-state index contributed by atoms with van der Waals surface area (Å²) in [6.07, 6.45) is 0. The summed E-state index contributed by atoms with van der Waals surface area (Å²) in [5.41, 5.74) is 1.72. The molecule has 0 aliphatic rings. The van der Waals surface area contributed by atoms with Crippen molar-refractivity contribution in [2.75, 3.05) is 11.9 Å². The Morgan fingerprint density at radius 3 is 2.44 bits per heavy atom. The summed E-state index contributed by atoms with van der Waals surface area (Å²) in [5, 5.41) is 10.9. The first-order chi connectivity index (χ1) is 12.2. The van der Waals surface area contributed by atoms with E-state index in [2.05, 4.69) is 20.5 Å². The molecule has 1 heterocycles. The molecule has 0 aliphatic heterocycles. The lowest BCUT2D eigenvalue weighted by atomic mass is 10.2. The highest BCUT2D eigenvalue weighted by molar-refractivity contribution is 5.89. The van der Waals surface area contributed by atoms with Crippen molar-refractivity contribution in [2.24, 2.45) is 0 Å². The van der Waals surface area contributed by atoms with Gasteiger partial charge in [-0.2, -0.15) is 0 Å². The second-order valence-corrected chi connectivity index (χ2v) is 5.14. The molecule has 0 radical (unpaired) electrons. The molecule has 2 N–H and O–H groups in total.